The third-order valence-electron chi connectivity index (χ3n) is 4.14. The predicted octanol–water partition coefficient (Wildman–Crippen LogP) is 5.28. The van der Waals surface area contributed by atoms with Gasteiger partial charge in [-0.25, -0.2) is 9.98 Å². The lowest BCUT2D eigenvalue weighted by Gasteiger charge is -2.09. The normalized spacial score (nSPS) is 12.1. The first-order valence-corrected chi connectivity index (χ1v) is 9.92. The van der Waals surface area contributed by atoms with Gasteiger partial charge < -0.3 is 13.9 Å². The maximum atomic E-state index is 12.9. The molecule has 2 heterocycles. The van der Waals surface area contributed by atoms with Gasteiger partial charge in [-0.05, 0) is 24.3 Å². The fourth-order valence-corrected chi connectivity index (χ4v) is 3.37. The Kier molecular flexibility index (Phi) is 5.82. The third kappa shape index (κ3) is 4.89. The van der Waals surface area contributed by atoms with Crippen LogP contribution in [0.1, 0.15) is 10.4 Å². The zero-order valence-electron chi connectivity index (χ0n) is 16.3. The van der Waals surface area contributed by atoms with E-state index in [1.54, 1.807) is 29.6 Å². The number of hydrogen-bond acceptors (Lipinski definition) is 7. The van der Waals surface area contributed by atoms with Crippen molar-refractivity contribution in [2.45, 2.75) is 6.36 Å². The van der Waals surface area contributed by atoms with Crippen molar-refractivity contribution in [2.75, 3.05) is 12.4 Å². The number of ether oxygens (including phenoxy) is 2. The number of para-hydroxylation sites is 1. The topological polar surface area (TPSA) is 86.0 Å². The zero-order chi connectivity index (χ0) is 22.7. The summed E-state index contributed by atoms with van der Waals surface area (Å²) in [5, 5.41) is 5.28. The average molecular weight is 461 g/mol. The molecule has 0 aliphatic carbocycles. The SMILES string of the molecule is COc1cccc2cc(C(=O)Nc3nccs3)c(=Nc3cccc(OC(F)(F)F)c3)oc12. The van der Waals surface area contributed by atoms with Gasteiger partial charge >= 0.3 is 6.36 Å². The molecular formula is C21H14F3N3O4S. The van der Waals surface area contributed by atoms with Crippen molar-refractivity contribution in [3.8, 4) is 11.5 Å². The van der Waals surface area contributed by atoms with E-state index in [-0.39, 0.29) is 16.8 Å². The Morgan fingerprint density at radius 1 is 1.19 bits per heavy atom. The van der Waals surface area contributed by atoms with Crippen LogP contribution in [0.25, 0.3) is 11.0 Å². The van der Waals surface area contributed by atoms with E-state index in [2.05, 4.69) is 20.0 Å². The molecule has 2 aromatic heterocycles. The maximum absolute atomic E-state index is 12.9. The third-order valence-corrected chi connectivity index (χ3v) is 4.83. The molecular weight excluding hydrogens is 447 g/mol. The lowest BCUT2D eigenvalue weighted by atomic mass is 10.1. The number of alkyl halides is 3. The number of nitrogens with one attached hydrogen (secondary N) is 1. The van der Waals surface area contributed by atoms with Gasteiger partial charge in [0.15, 0.2) is 16.5 Å². The van der Waals surface area contributed by atoms with Gasteiger partial charge in [0.2, 0.25) is 5.55 Å². The minimum Gasteiger partial charge on any atom is -0.493 e. The average Bonchev–Trinajstić information content (AvgIpc) is 3.25. The van der Waals surface area contributed by atoms with E-state index in [0.717, 1.165) is 12.1 Å². The van der Waals surface area contributed by atoms with Crippen molar-refractivity contribution in [2.24, 2.45) is 4.99 Å². The van der Waals surface area contributed by atoms with Gasteiger partial charge in [0.1, 0.15) is 11.3 Å². The van der Waals surface area contributed by atoms with Gasteiger partial charge in [-0.2, -0.15) is 0 Å². The molecule has 7 nitrogen and oxygen atoms in total. The summed E-state index contributed by atoms with van der Waals surface area (Å²) in [6, 6.07) is 11.7. The Morgan fingerprint density at radius 2 is 2.00 bits per heavy atom. The number of thiazole rings is 1. The highest BCUT2D eigenvalue weighted by molar-refractivity contribution is 7.13. The smallest absolute Gasteiger partial charge is 0.493 e. The summed E-state index contributed by atoms with van der Waals surface area (Å²) in [6.07, 6.45) is -3.31. The standard InChI is InChI=1S/C21H14F3N3O4S/c1-29-16-7-2-4-12-10-15(18(28)27-20-25-8-9-32-20)19(30-17(12)16)26-13-5-3-6-14(11-13)31-21(22,23)24/h2-11H,1H3,(H,25,27,28). The summed E-state index contributed by atoms with van der Waals surface area (Å²) in [5.74, 6) is -0.597. The van der Waals surface area contributed by atoms with Gasteiger partial charge in [0.05, 0.1) is 12.8 Å². The highest BCUT2D eigenvalue weighted by Crippen LogP contribution is 2.28. The van der Waals surface area contributed by atoms with E-state index in [4.69, 9.17) is 9.15 Å². The second-order valence-electron chi connectivity index (χ2n) is 6.29. The number of fused-ring (bicyclic) bond motifs is 1. The largest absolute Gasteiger partial charge is 0.573 e. The highest BCUT2D eigenvalue weighted by atomic mass is 32.1. The first-order valence-electron chi connectivity index (χ1n) is 9.04. The molecule has 164 valence electrons. The van der Waals surface area contributed by atoms with Gasteiger partial charge in [0, 0.05) is 23.0 Å². The van der Waals surface area contributed by atoms with Crippen molar-refractivity contribution >= 4 is 39.0 Å². The van der Waals surface area contributed by atoms with Gasteiger partial charge in [-0.1, -0.05) is 18.2 Å². The van der Waals surface area contributed by atoms with Crippen molar-refractivity contribution in [3.05, 3.63) is 71.2 Å². The zero-order valence-corrected chi connectivity index (χ0v) is 17.2. The van der Waals surface area contributed by atoms with Crippen molar-refractivity contribution in [3.63, 3.8) is 0 Å². The van der Waals surface area contributed by atoms with Crippen LogP contribution in [0.4, 0.5) is 24.0 Å². The number of aromatic nitrogens is 1. The van der Waals surface area contributed by atoms with Gasteiger partial charge in [0.25, 0.3) is 5.91 Å². The molecule has 0 saturated heterocycles. The molecule has 32 heavy (non-hydrogen) atoms. The summed E-state index contributed by atoms with van der Waals surface area (Å²) < 4.78 is 52.8. The molecule has 0 bridgehead atoms. The summed E-state index contributed by atoms with van der Waals surface area (Å²) in [7, 11) is 1.46. The van der Waals surface area contributed by atoms with Crippen LogP contribution in [0, 0.1) is 0 Å². The molecule has 0 radical (unpaired) electrons. The molecule has 0 aliphatic heterocycles. The van der Waals surface area contributed by atoms with Crippen LogP contribution in [0.15, 0.2) is 69.5 Å². The van der Waals surface area contributed by atoms with Crippen LogP contribution in [0.2, 0.25) is 0 Å². The molecule has 0 saturated carbocycles. The molecule has 1 N–H and O–H groups in total. The minimum absolute atomic E-state index is 0.0584. The summed E-state index contributed by atoms with van der Waals surface area (Å²) in [5.41, 5.74) is 0.346. The Morgan fingerprint density at radius 3 is 2.72 bits per heavy atom. The fraction of sp³-hybridized carbons (Fsp3) is 0.0952. The monoisotopic (exact) mass is 461 g/mol. The quantitative estimate of drug-likeness (QED) is 0.437. The molecule has 2 aromatic carbocycles. The number of carbonyl (C=O) groups excluding carboxylic acids is 1. The number of benzene rings is 2. The van der Waals surface area contributed by atoms with E-state index in [1.165, 1.54) is 36.8 Å². The van der Waals surface area contributed by atoms with Crippen LogP contribution < -0.4 is 20.3 Å². The second kappa shape index (κ2) is 8.71. The number of methoxy groups -OCH3 is 1. The van der Waals surface area contributed by atoms with Crippen molar-refractivity contribution < 1.29 is 31.9 Å². The van der Waals surface area contributed by atoms with E-state index < -0.39 is 18.0 Å². The van der Waals surface area contributed by atoms with E-state index in [1.807, 2.05) is 0 Å². The molecule has 4 rings (SSSR count). The first kappa shape index (κ1) is 21.4. The molecule has 1 amide bonds. The van der Waals surface area contributed by atoms with Crippen LogP contribution in [-0.4, -0.2) is 24.4 Å². The van der Waals surface area contributed by atoms with Crippen LogP contribution in [0.5, 0.6) is 11.5 Å². The van der Waals surface area contributed by atoms with E-state index >= 15 is 0 Å². The molecule has 0 spiro atoms. The van der Waals surface area contributed by atoms with Crippen molar-refractivity contribution in [1.82, 2.24) is 4.98 Å². The highest BCUT2D eigenvalue weighted by Gasteiger charge is 2.31. The molecule has 0 aliphatic rings. The van der Waals surface area contributed by atoms with Crippen LogP contribution in [0.3, 0.4) is 0 Å². The molecule has 0 fully saturated rings. The number of nitrogens with zero attached hydrogens (tertiary/aromatic N) is 2. The van der Waals surface area contributed by atoms with Crippen LogP contribution in [-0.2, 0) is 0 Å². The molecule has 0 atom stereocenters. The Hall–Kier alpha value is -3.86. The van der Waals surface area contributed by atoms with E-state index in [9.17, 15) is 18.0 Å². The van der Waals surface area contributed by atoms with Crippen LogP contribution >= 0.6 is 11.3 Å². The first-order chi connectivity index (χ1) is 15.3. The number of rotatable bonds is 5. The summed E-state index contributed by atoms with van der Waals surface area (Å²) >= 11 is 1.23. The number of anilines is 1. The predicted molar refractivity (Wildman–Crippen MR) is 111 cm³/mol. The summed E-state index contributed by atoms with van der Waals surface area (Å²) in [6.45, 7) is 0. The number of amides is 1. The maximum Gasteiger partial charge on any atom is 0.573 e. The Bertz CT molecular complexity index is 1330. The number of carbonyl (C=O) groups is 1. The van der Waals surface area contributed by atoms with Gasteiger partial charge in [-0.3, -0.25) is 10.1 Å². The molecule has 11 heteroatoms. The molecule has 4 aromatic rings. The second-order valence-corrected chi connectivity index (χ2v) is 7.19. The lowest BCUT2D eigenvalue weighted by molar-refractivity contribution is -0.274. The number of hydrogen-bond donors (Lipinski definition) is 1. The molecule has 0 unspecified atom stereocenters. The lowest BCUT2D eigenvalue weighted by Crippen LogP contribution is -2.21. The number of halogens is 3. The van der Waals surface area contributed by atoms with Gasteiger partial charge in [-0.15, -0.1) is 24.5 Å². The Labute approximate surface area is 182 Å². The Balaban J connectivity index is 1.86. The van der Waals surface area contributed by atoms with Crippen molar-refractivity contribution in [1.29, 1.82) is 0 Å². The fourth-order valence-electron chi connectivity index (χ4n) is 2.85. The minimum atomic E-state index is -4.85. The van der Waals surface area contributed by atoms with E-state index in [0.29, 0.717) is 21.9 Å². The summed E-state index contributed by atoms with van der Waals surface area (Å²) in [4.78, 5) is 21.2.